The third-order valence-electron chi connectivity index (χ3n) is 2.90. The van der Waals surface area contributed by atoms with Gasteiger partial charge in [0, 0.05) is 12.3 Å². The highest BCUT2D eigenvalue weighted by atomic mass is 32.2. The maximum atomic E-state index is 13.9. The monoisotopic (exact) mass is 293 g/mol. The molecule has 0 saturated heterocycles. The van der Waals surface area contributed by atoms with Crippen LogP contribution >= 0.6 is 11.8 Å². The third-order valence-corrected chi connectivity index (χ3v) is 4.06. The summed E-state index contributed by atoms with van der Waals surface area (Å²) < 4.78 is 27.9. The molecule has 106 valence electrons. The van der Waals surface area contributed by atoms with Gasteiger partial charge < -0.3 is 5.32 Å². The van der Waals surface area contributed by atoms with Crippen molar-refractivity contribution in [3.63, 3.8) is 0 Å². The van der Waals surface area contributed by atoms with Crippen LogP contribution in [0.25, 0.3) is 0 Å². The number of rotatable bonds is 5. The van der Waals surface area contributed by atoms with Crippen molar-refractivity contribution in [1.82, 2.24) is 5.32 Å². The smallest absolute Gasteiger partial charge is 0.140 e. The molecule has 0 spiro atoms. The molecule has 0 bridgehead atoms. The minimum absolute atomic E-state index is 0.0892. The van der Waals surface area contributed by atoms with E-state index in [-0.39, 0.29) is 4.90 Å². The fourth-order valence-electron chi connectivity index (χ4n) is 2.01. The van der Waals surface area contributed by atoms with Crippen molar-refractivity contribution in [2.24, 2.45) is 0 Å². The second-order valence-electron chi connectivity index (χ2n) is 4.70. The van der Waals surface area contributed by atoms with E-state index < -0.39 is 11.6 Å². The number of nitrogens with one attached hydrogen (secondary N) is 1. The van der Waals surface area contributed by atoms with Crippen molar-refractivity contribution in [3.05, 3.63) is 64.7 Å². The average molecular weight is 293 g/mol. The summed E-state index contributed by atoms with van der Waals surface area (Å²) in [5, 5.41) is 2.88. The molecule has 4 heteroatoms. The van der Waals surface area contributed by atoms with Crippen molar-refractivity contribution in [2.75, 3.05) is 7.05 Å². The standard InChI is InChI=1S/C16H17F2NS/c1-11-4-3-5-12(6-11)10-20-16-14(17)7-13(9-19-2)8-15(16)18/h3-8,19H,9-10H2,1-2H3. The van der Waals surface area contributed by atoms with E-state index in [9.17, 15) is 8.78 Å². The lowest BCUT2D eigenvalue weighted by molar-refractivity contribution is 0.536. The normalized spacial score (nSPS) is 10.8. The minimum atomic E-state index is -0.493. The molecular formula is C16H17F2NS. The van der Waals surface area contributed by atoms with Gasteiger partial charge in [-0.25, -0.2) is 8.78 Å². The lowest BCUT2D eigenvalue weighted by Crippen LogP contribution is -2.06. The van der Waals surface area contributed by atoms with Gasteiger partial charge in [-0.05, 0) is 37.2 Å². The molecule has 0 atom stereocenters. The van der Waals surface area contributed by atoms with E-state index >= 15 is 0 Å². The van der Waals surface area contributed by atoms with Crippen LogP contribution in [0.4, 0.5) is 8.78 Å². The predicted octanol–water partition coefficient (Wildman–Crippen LogP) is 4.28. The Hall–Kier alpha value is -1.39. The Morgan fingerprint density at radius 3 is 2.35 bits per heavy atom. The maximum absolute atomic E-state index is 13.9. The number of aryl methyl sites for hydroxylation is 1. The summed E-state index contributed by atoms with van der Waals surface area (Å²) >= 11 is 1.19. The van der Waals surface area contributed by atoms with Gasteiger partial charge in [-0.15, -0.1) is 11.8 Å². The van der Waals surface area contributed by atoms with Crippen LogP contribution in [0.15, 0.2) is 41.3 Å². The van der Waals surface area contributed by atoms with Crippen LogP contribution in [0.3, 0.4) is 0 Å². The van der Waals surface area contributed by atoms with Gasteiger partial charge >= 0.3 is 0 Å². The molecule has 1 nitrogen and oxygen atoms in total. The van der Waals surface area contributed by atoms with Crippen molar-refractivity contribution in [3.8, 4) is 0 Å². The second-order valence-corrected chi connectivity index (χ2v) is 5.68. The van der Waals surface area contributed by atoms with E-state index in [1.165, 1.54) is 23.9 Å². The summed E-state index contributed by atoms with van der Waals surface area (Å²) in [5.74, 6) is -0.429. The minimum Gasteiger partial charge on any atom is -0.316 e. The van der Waals surface area contributed by atoms with Crippen LogP contribution in [-0.2, 0) is 12.3 Å². The van der Waals surface area contributed by atoms with Crippen molar-refractivity contribution in [2.45, 2.75) is 24.1 Å². The molecule has 0 aliphatic rings. The van der Waals surface area contributed by atoms with Gasteiger partial charge in [-0.2, -0.15) is 0 Å². The molecule has 0 aliphatic carbocycles. The van der Waals surface area contributed by atoms with Gasteiger partial charge in [0.2, 0.25) is 0 Å². The number of thioether (sulfide) groups is 1. The lowest BCUT2D eigenvalue weighted by Gasteiger charge is -2.08. The van der Waals surface area contributed by atoms with Crippen molar-refractivity contribution < 1.29 is 8.78 Å². The average Bonchev–Trinajstić information content (AvgIpc) is 2.38. The molecule has 0 saturated carbocycles. The maximum Gasteiger partial charge on any atom is 0.140 e. The van der Waals surface area contributed by atoms with Crippen molar-refractivity contribution in [1.29, 1.82) is 0 Å². The van der Waals surface area contributed by atoms with Crippen LogP contribution in [0, 0.1) is 18.6 Å². The van der Waals surface area contributed by atoms with Crippen LogP contribution in [0.1, 0.15) is 16.7 Å². The van der Waals surface area contributed by atoms with E-state index in [0.29, 0.717) is 17.9 Å². The van der Waals surface area contributed by atoms with Gasteiger partial charge in [0.05, 0.1) is 4.90 Å². The largest absolute Gasteiger partial charge is 0.316 e. The van der Waals surface area contributed by atoms with Gasteiger partial charge in [0.1, 0.15) is 11.6 Å². The molecule has 0 unspecified atom stereocenters. The number of hydrogen-bond donors (Lipinski definition) is 1. The summed E-state index contributed by atoms with van der Waals surface area (Å²) in [4.78, 5) is 0.0892. The summed E-state index contributed by atoms with van der Waals surface area (Å²) in [5.41, 5.74) is 2.82. The molecule has 1 N–H and O–H groups in total. The zero-order valence-electron chi connectivity index (χ0n) is 11.5. The van der Waals surface area contributed by atoms with Crippen LogP contribution < -0.4 is 5.32 Å². The van der Waals surface area contributed by atoms with E-state index in [1.807, 2.05) is 31.2 Å². The molecule has 0 fully saturated rings. The highest BCUT2D eigenvalue weighted by Gasteiger charge is 2.12. The Morgan fingerprint density at radius 2 is 1.75 bits per heavy atom. The molecule has 0 aliphatic heterocycles. The molecule has 0 amide bonds. The molecule has 2 rings (SSSR count). The first-order valence-electron chi connectivity index (χ1n) is 6.41. The number of halogens is 2. The topological polar surface area (TPSA) is 12.0 Å². The quantitative estimate of drug-likeness (QED) is 0.826. The van der Waals surface area contributed by atoms with Crippen LogP contribution in [0.2, 0.25) is 0 Å². The van der Waals surface area contributed by atoms with Gasteiger partial charge in [0.25, 0.3) is 0 Å². The highest BCUT2D eigenvalue weighted by Crippen LogP contribution is 2.29. The van der Waals surface area contributed by atoms with E-state index in [0.717, 1.165) is 11.1 Å². The SMILES string of the molecule is CNCc1cc(F)c(SCc2cccc(C)c2)c(F)c1. The molecule has 2 aromatic rings. The first kappa shape index (κ1) is 15.0. The first-order chi connectivity index (χ1) is 9.60. The highest BCUT2D eigenvalue weighted by molar-refractivity contribution is 7.98. The molecule has 0 heterocycles. The number of hydrogen-bond acceptors (Lipinski definition) is 2. The third kappa shape index (κ3) is 3.81. The Morgan fingerprint density at radius 1 is 1.05 bits per heavy atom. The summed E-state index contributed by atoms with van der Waals surface area (Å²) in [6, 6.07) is 10.7. The Bertz CT molecular complexity index is 576. The predicted molar refractivity (Wildman–Crippen MR) is 79.9 cm³/mol. The second kappa shape index (κ2) is 6.86. The molecule has 0 aromatic heterocycles. The van der Waals surface area contributed by atoms with E-state index in [1.54, 1.807) is 7.05 Å². The molecular weight excluding hydrogens is 276 g/mol. The van der Waals surface area contributed by atoms with Crippen molar-refractivity contribution >= 4 is 11.8 Å². The summed E-state index contributed by atoms with van der Waals surface area (Å²) in [6.07, 6.45) is 0. The lowest BCUT2D eigenvalue weighted by atomic mass is 10.2. The Labute approximate surface area is 122 Å². The van der Waals surface area contributed by atoms with E-state index in [4.69, 9.17) is 0 Å². The fraction of sp³-hybridized carbons (Fsp3) is 0.250. The van der Waals surface area contributed by atoms with E-state index in [2.05, 4.69) is 5.32 Å². The Kier molecular flexibility index (Phi) is 5.15. The van der Waals surface area contributed by atoms with Crippen LogP contribution in [-0.4, -0.2) is 7.05 Å². The number of benzene rings is 2. The zero-order chi connectivity index (χ0) is 14.5. The van der Waals surface area contributed by atoms with Gasteiger partial charge in [-0.3, -0.25) is 0 Å². The van der Waals surface area contributed by atoms with Crippen LogP contribution in [0.5, 0.6) is 0 Å². The Balaban J connectivity index is 2.13. The van der Waals surface area contributed by atoms with Gasteiger partial charge in [0.15, 0.2) is 0 Å². The fourth-order valence-corrected chi connectivity index (χ4v) is 2.90. The molecule has 0 radical (unpaired) electrons. The molecule has 20 heavy (non-hydrogen) atoms. The summed E-state index contributed by atoms with van der Waals surface area (Å²) in [6.45, 7) is 2.46. The van der Waals surface area contributed by atoms with Gasteiger partial charge in [-0.1, -0.05) is 29.8 Å². The first-order valence-corrected chi connectivity index (χ1v) is 7.39. The molecule has 2 aromatic carbocycles. The summed E-state index contributed by atoms with van der Waals surface area (Å²) in [7, 11) is 1.75. The zero-order valence-corrected chi connectivity index (χ0v) is 12.4.